The lowest BCUT2D eigenvalue weighted by Crippen LogP contribution is -2.42. The summed E-state index contributed by atoms with van der Waals surface area (Å²) in [7, 11) is 1.72. The summed E-state index contributed by atoms with van der Waals surface area (Å²) in [4.78, 5) is 14.9. The fraction of sp³-hybridized carbons (Fsp3) is 0.433. The van der Waals surface area contributed by atoms with Gasteiger partial charge in [0.25, 0.3) is 0 Å². The highest BCUT2D eigenvalue weighted by atomic mass is 32.2. The Hall–Kier alpha value is -3.52. The van der Waals surface area contributed by atoms with Gasteiger partial charge in [-0.05, 0) is 56.0 Å². The minimum atomic E-state index is 0.0640. The molecule has 0 spiro atoms. The van der Waals surface area contributed by atoms with Crippen molar-refractivity contribution in [2.75, 3.05) is 52.8 Å². The molecule has 2 saturated heterocycles. The topological polar surface area (TPSA) is 99.5 Å². The largest absolute Gasteiger partial charge is 0.495 e. The van der Waals surface area contributed by atoms with Crippen molar-refractivity contribution in [3.05, 3.63) is 59.4 Å². The Bertz CT molecular complexity index is 1450. The number of rotatable bonds is 8. The molecule has 0 amide bonds. The number of piperazine rings is 1. The van der Waals surface area contributed by atoms with Crippen LogP contribution >= 0.6 is 11.9 Å². The predicted octanol–water partition coefficient (Wildman–Crippen LogP) is 5.23. The van der Waals surface area contributed by atoms with Gasteiger partial charge in [-0.25, -0.2) is 14.3 Å². The summed E-state index contributed by atoms with van der Waals surface area (Å²) in [6.45, 7) is 9.55. The molecule has 2 aliphatic heterocycles. The van der Waals surface area contributed by atoms with E-state index in [1.807, 2.05) is 18.2 Å². The molecule has 0 radical (unpaired) electrons. The molecule has 3 aromatic rings. The van der Waals surface area contributed by atoms with Crippen LogP contribution in [0.1, 0.15) is 37.9 Å². The first kappa shape index (κ1) is 28.0. The summed E-state index contributed by atoms with van der Waals surface area (Å²) in [6.07, 6.45) is 7.47. The molecule has 0 aliphatic carbocycles. The third kappa shape index (κ3) is 6.12. The van der Waals surface area contributed by atoms with Crippen molar-refractivity contribution in [3.63, 3.8) is 0 Å². The number of hydrogen-bond donors (Lipinski definition) is 1. The quantitative estimate of drug-likeness (QED) is 0.225. The number of ether oxygens (including phenoxy) is 3. The molecule has 2 aliphatic rings. The maximum absolute atomic E-state index is 9.86. The standard InChI is InChI=1S/C30H36N6O3S/c1-20(15-28(37-3)21(2)35-9-11-36(40-4)12-10-35)26-17-25-29(32-19-33-30(25)34-26)22-5-6-27(23(16-22)18-31)39-24-7-13-38-14-8-24/h5-6,15-17,19,24H,7-14H2,1-4H3,(H,32,33,34)/b20-15+,28-21-. The second kappa shape index (κ2) is 12.8. The normalized spacial score (nSPS) is 18.0. The lowest BCUT2D eigenvalue weighted by Gasteiger charge is -2.35. The number of fused-ring (bicyclic) bond motifs is 1. The Balaban J connectivity index is 1.41. The van der Waals surface area contributed by atoms with Crippen LogP contribution in [0.5, 0.6) is 5.75 Å². The number of nitrogens with one attached hydrogen (secondary N) is 1. The smallest absolute Gasteiger partial charge is 0.141 e. The monoisotopic (exact) mass is 560 g/mol. The van der Waals surface area contributed by atoms with Crippen molar-refractivity contribution in [3.8, 4) is 23.1 Å². The van der Waals surface area contributed by atoms with Crippen molar-refractivity contribution in [2.45, 2.75) is 32.8 Å². The van der Waals surface area contributed by atoms with Crippen LogP contribution in [0.3, 0.4) is 0 Å². The van der Waals surface area contributed by atoms with Gasteiger partial charge in [-0.1, -0.05) is 11.9 Å². The summed E-state index contributed by atoms with van der Waals surface area (Å²) in [5.41, 5.74) is 5.93. The molecule has 0 saturated carbocycles. The van der Waals surface area contributed by atoms with Gasteiger partial charge < -0.3 is 24.1 Å². The molecule has 4 heterocycles. The van der Waals surface area contributed by atoms with Gasteiger partial charge in [0.05, 0.1) is 37.3 Å². The van der Waals surface area contributed by atoms with E-state index in [2.05, 4.69) is 62.5 Å². The van der Waals surface area contributed by atoms with Crippen LogP contribution in [0.2, 0.25) is 0 Å². The van der Waals surface area contributed by atoms with E-state index in [4.69, 9.17) is 14.2 Å². The average molecular weight is 561 g/mol. The van der Waals surface area contributed by atoms with E-state index in [-0.39, 0.29) is 6.10 Å². The summed E-state index contributed by atoms with van der Waals surface area (Å²) in [6, 6.07) is 10.0. The van der Waals surface area contributed by atoms with Crippen molar-refractivity contribution in [1.82, 2.24) is 24.2 Å². The molecule has 0 unspecified atom stereocenters. The highest BCUT2D eigenvalue weighted by Crippen LogP contribution is 2.32. The minimum Gasteiger partial charge on any atom is -0.495 e. The number of nitriles is 1. The van der Waals surface area contributed by atoms with Crippen LogP contribution < -0.4 is 4.74 Å². The summed E-state index contributed by atoms with van der Waals surface area (Å²) >= 11 is 1.80. The Labute approximate surface area is 240 Å². The lowest BCUT2D eigenvalue weighted by molar-refractivity contribution is 0.0254. The number of benzene rings is 1. The SMILES string of the molecule is COC(/C=C(\C)c1cc2c(-c3ccc(OC4CCOCC4)c(C#N)c3)ncnc2[nH]1)=C(/C)N1CCN(SC)CC1. The number of methoxy groups -OCH3 is 1. The molecule has 2 aromatic heterocycles. The molecule has 1 N–H and O–H groups in total. The Morgan fingerprint density at radius 3 is 2.62 bits per heavy atom. The first-order valence-electron chi connectivity index (χ1n) is 13.6. The maximum Gasteiger partial charge on any atom is 0.141 e. The third-order valence-corrected chi connectivity index (χ3v) is 8.46. The molecule has 1 aromatic carbocycles. The van der Waals surface area contributed by atoms with E-state index in [1.165, 1.54) is 0 Å². The fourth-order valence-electron chi connectivity index (χ4n) is 5.17. The average Bonchev–Trinajstić information content (AvgIpc) is 3.45. The fourth-order valence-corrected chi connectivity index (χ4v) is 5.70. The van der Waals surface area contributed by atoms with Gasteiger partial charge in [-0.15, -0.1) is 0 Å². The van der Waals surface area contributed by atoms with Crippen molar-refractivity contribution in [1.29, 1.82) is 5.26 Å². The second-order valence-electron chi connectivity index (χ2n) is 10.00. The molecule has 0 bridgehead atoms. The zero-order valence-electron chi connectivity index (χ0n) is 23.6. The second-order valence-corrected chi connectivity index (χ2v) is 10.9. The summed E-state index contributed by atoms with van der Waals surface area (Å²) < 4.78 is 19.8. The predicted molar refractivity (Wildman–Crippen MR) is 159 cm³/mol. The van der Waals surface area contributed by atoms with Gasteiger partial charge in [0, 0.05) is 55.7 Å². The molecule has 9 nitrogen and oxygen atoms in total. The van der Waals surface area contributed by atoms with Crippen LogP contribution in [-0.4, -0.2) is 83.0 Å². The Morgan fingerprint density at radius 2 is 1.93 bits per heavy atom. The Morgan fingerprint density at radius 1 is 1.15 bits per heavy atom. The maximum atomic E-state index is 9.86. The highest BCUT2D eigenvalue weighted by molar-refractivity contribution is 7.96. The summed E-state index contributed by atoms with van der Waals surface area (Å²) in [5.74, 6) is 1.44. The van der Waals surface area contributed by atoms with E-state index >= 15 is 0 Å². The number of hydrogen-bond acceptors (Lipinski definition) is 9. The van der Waals surface area contributed by atoms with Gasteiger partial charge in [-0.2, -0.15) is 5.26 Å². The van der Waals surface area contributed by atoms with Crippen molar-refractivity contribution in [2.24, 2.45) is 0 Å². The van der Waals surface area contributed by atoms with Crippen LogP contribution in [-0.2, 0) is 9.47 Å². The van der Waals surface area contributed by atoms with E-state index in [0.29, 0.717) is 24.5 Å². The van der Waals surface area contributed by atoms with E-state index in [9.17, 15) is 5.26 Å². The van der Waals surface area contributed by atoms with Gasteiger partial charge in [0.2, 0.25) is 0 Å². The molecule has 5 rings (SSSR count). The zero-order chi connectivity index (χ0) is 28.1. The highest BCUT2D eigenvalue weighted by Gasteiger charge is 2.20. The molecule has 10 heteroatoms. The van der Waals surface area contributed by atoms with E-state index in [0.717, 1.165) is 84.0 Å². The summed E-state index contributed by atoms with van der Waals surface area (Å²) in [5, 5.41) is 10.7. The third-order valence-electron chi connectivity index (χ3n) is 7.58. The zero-order valence-corrected chi connectivity index (χ0v) is 24.4. The number of aromatic amines is 1. The molecular weight excluding hydrogens is 524 g/mol. The van der Waals surface area contributed by atoms with Crippen molar-refractivity contribution < 1.29 is 14.2 Å². The number of allylic oxidation sites excluding steroid dienone is 3. The van der Waals surface area contributed by atoms with Crippen molar-refractivity contribution >= 4 is 28.6 Å². The van der Waals surface area contributed by atoms with Gasteiger partial charge in [0.1, 0.15) is 35.7 Å². The van der Waals surface area contributed by atoms with E-state index < -0.39 is 0 Å². The van der Waals surface area contributed by atoms with Crippen LogP contribution in [0, 0.1) is 11.3 Å². The van der Waals surface area contributed by atoms with Crippen LogP contribution in [0.25, 0.3) is 27.9 Å². The first-order chi connectivity index (χ1) is 19.5. The minimum absolute atomic E-state index is 0.0640. The molecule has 2 fully saturated rings. The molecule has 210 valence electrons. The van der Waals surface area contributed by atoms with Gasteiger partial charge in [-0.3, -0.25) is 0 Å². The van der Waals surface area contributed by atoms with Gasteiger partial charge in [0.15, 0.2) is 0 Å². The molecule has 40 heavy (non-hydrogen) atoms. The van der Waals surface area contributed by atoms with Crippen LogP contribution in [0.15, 0.2) is 48.1 Å². The number of aromatic nitrogens is 3. The Kier molecular flexibility index (Phi) is 8.94. The number of H-pyrrole nitrogens is 1. The van der Waals surface area contributed by atoms with E-state index in [1.54, 1.807) is 25.4 Å². The number of nitrogens with zero attached hydrogens (tertiary/aromatic N) is 5. The molecule has 0 atom stereocenters. The lowest BCUT2D eigenvalue weighted by atomic mass is 10.0. The van der Waals surface area contributed by atoms with Crippen LogP contribution in [0.4, 0.5) is 0 Å². The van der Waals surface area contributed by atoms with Gasteiger partial charge >= 0.3 is 0 Å². The molecular formula is C30H36N6O3S. The first-order valence-corrected chi connectivity index (χ1v) is 14.8.